The number of amides is 2. The highest BCUT2D eigenvalue weighted by molar-refractivity contribution is 7.09. The fraction of sp³-hybridized carbons (Fsp3) is 0.389. The van der Waals surface area contributed by atoms with Gasteiger partial charge >= 0.3 is 6.03 Å². The summed E-state index contributed by atoms with van der Waals surface area (Å²) in [5, 5.41) is 5.06. The number of nitrogens with one attached hydrogen (secondary N) is 1. The Morgan fingerprint density at radius 2 is 1.91 bits per heavy atom. The largest absolute Gasteiger partial charge is 0.333 e. The average Bonchev–Trinajstić information content (AvgIpc) is 2.99. The molecule has 5 heteroatoms. The highest BCUT2D eigenvalue weighted by Crippen LogP contribution is 2.10. The molecule has 0 saturated carbocycles. The van der Waals surface area contributed by atoms with Gasteiger partial charge in [-0.2, -0.15) is 0 Å². The average molecular weight is 329 g/mol. The Bertz CT molecular complexity index is 600. The number of hydrogen-bond acceptors (Lipinski definition) is 3. The van der Waals surface area contributed by atoms with E-state index in [4.69, 9.17) is 0 Å². The van der Waals surface area contributed by atoms with Gasteiger partial charge in [-0.1, -0.05) is 36.4 Å². The second-order valence-electron chi connectivity index (χ2n) is 5.84. The molecule has 0 aliphatic carbocycles. The van der Waals surface area contributed by atoms with Crippen molar-refractivity contribution in [2.75, 3.05) is 26.2 Å². The Balaban J connectivity index is 1.47. The van der Waals surface area contributed by atoms with Crippen LogP contribution in [0, 0.1) is 0 Å². The lowest BCUT2D eigenvalue weighted by Crippen LogP contribution is -2.41. The summed E-state index contributed by atoms with van der Waals surface area (Å²) in [4.78, 5) is 17.9. The second kappa shape index (κ2) is 8.13. The molecular weight excluding hydrogens is 306 g/mol. The van der Waals surface area contributed by atoms with E-state index in [9.17, 15) is 4.79 Å². The van der Waals surface area contributed by atoms with E-state index in [0.29, 0.717) is 6.54 Å². The molecule has 1 aromatic heterocycles. The van der Waals surface area contributed by atoms with Crippen LogP contribution < -0.4 is 5.32 Å². The van der Waals surface area contributed by atoms with Gasteiger partial charge in [-0.15, -0.1) is 11.3 Å². The molecule has 0 spiro atoms. The van der Waals surface area contributed by atoms with E-state index >= 15 is 0 Å². The highest BCUT2D eigenvalue weighted by atomic mass is 32.1. The van der Waals surface area contributed by atoms with E-state index in [1.165, 1.54) is 10.4 Å². The Morgan fingerprint density at radius 3 is 2.70 bits per heavy atom. The van der Waals surface area contributed by atoms with Gasteiger partial charge in [0.15, 0.2) is 0 Å². The number of thiophene rings is 1. The zero-order valence-corrected chi connectivity index (χ0v) is 14.1. The minimum atomic E-state index is 0.0555. The molecule has 0 unspecified atom stereocenters. The summed E-state index contributed by atoms with van der Waals surface area (Å²) in [7, 11) is 0. The summed E-state index contributed by atoms with van der Waals surface area (Å²) in [5.41, 5.74) is 1.34. The zero-order valence-electron chi connectivity index (χ0n) is 13.3. The minimum Gasteiger partial charge on any atom is -0.333 e. The van der Waals surface area contributed by atoms with Gasteiger partial charge in [0.1, 0.15) is 0 Å². The number of rotatable bonds is 4. The van der Waals surface area contributed by atoms with Crippen LogP contribution in [0.2, 0.25) is 0 Å². The molecule has 1 saturated heterocycles. The van der Waals surface area contributed by atoms with E-state index in [1.807, 2.05) is 22.4 Å². The van der Waals surface area contributed by atoms with Crippen LogP contribution in [0.25, 0.3) is 0 Å². The topological polar surface area (TPSA) is 35.6 Å². The molecule has 1 N–H and O–H groups in total. The van der Waals surface area contributed by atoms with Gasteiger partial charge in [-0.05, 0) is 23.4 Å². The van der Waals surface area contributed by atoms with Gasteiger partial charge in [0, 0.05) is 37.6 Å². The molecule has 1 aromatic carbocycles. The van der Waals surface area contributed by atoms with Crippen LogP contribution in [0.15, 0.2) is 47.8 Å². The fourth-order valence-electron chi connectivity index (χ4n) is 2.86. The highest BCUT2D eigenvalue weighted by Gasteiger charge is 2.18. The van der Waals surface area contributed by atoms with Crippen LogP contribution in [0.4, 0.5) is 4.79 Å². The number of carbonyl (C=O) groups is 1. The molecule has 4 nitrogen and oxygen atoms in total. The van der Waals surface area contributed by atoms with Crippen LogP contribution in [-0.4, -0.2) is 42.0 Å². The number of carbonyl (C=O) groups excluding carboxylic acids is 1. The lowest BCUT2D eigenvalue weighted by Gasteiger charge is -2.22. The molecule has 1 aliphatic heterocycles. The van der Waals surface area contributed by atoms with Crippen LogP contribution in [-0.2, 0) is 13.1 Å². The van der Waals surface area contributed by atoms with Crippen molar-refractivity contribution in [3.05, 3.63) is 58.3 Å². The summed E-state index contributed by atoms with van der Waals surface area (Å²) in [6.07, 6.45) is 1.03. The van der Waals surface area contributed by atoms with Crippen LogP contribution in [0.5, 0.6) is 0 Å². The van der Waals surface area contributed by atoms with Crippen LogP contribution >= 0.6 is 11.3 Å². The zero-order chi connectivity index (χ0) is 15.9. The van der Waals surface area contributed by atoms with Gasteiger partial charge < -0.3 is 10.2 Å². The van der Waals surface area contributed by atoms with E-state index in [0.717, 1.165) is 39.1 Å². The van der Waals surface area contributed by atoms with Gasteiger partial charge in [0.2, 0.25) is 0 Å². The van der Waals surface area contributed by atoms with Gasteiger partial charge in [0.05, 0.1) is 6.54 Å². The number of nitrogens with zero attached hydrogens (tertiary/aromatic N) is 2. The van der Waals surface area contributed by atoms with Gasteiger partial charge in [-0.3, -0.25) is 4.90 Å². The van der Waals surface area contributed by atoms with Crippen molar-refractivity contribution in [2.45, 2.75) is 19.5 Å². The van der Waals surface area contributed by atoms with Crippen molar-refractivity contribution in [1.82, 2.24) is 15.1 Å². The van der Waals surface area contributed by atoms with E-state index in [1.54, 1.807) is 11.3 Å². The van der Waals surface area contributed by atoms with Crippen molar-refractivity contribution in [1.29, 1.82) is 0 Å². The van der Waals surface area contributed by atoms with Gasteiger partial charge in [-0.25, -0.2) is 4.79 Å². The molecule has 2 aromatic rings. The van der Waals surface area contributed by atoms with Crippen LogP contribution in [0.3, 0.4) is 0 Å². The third kappa shape index (κ3) is 4.81. The fourth-order valence-corrected chi connectivity index (χ4v) is 3.51. The summed E-state index contributed by atoms with van der Waals surface area (Å²) < 4.78 is 0. The summed E-state index contributed by atoms with van der Waals surface area (Å²) in [6, 6.07) is 14.7. The molecule has 2 amide bonds. The molecule has 122 valence electrons. The summed E-state index contributed by atoms with van der Waals surface area (Å²) in [5.74, 6) is 0. The van der Waals surface area contributed by atoms with E-state index < -0.39 is 0 Å². The van der Waals surface area contributed by atoms with Crippen molar-refractivity contribution in [3.8, 4) is 0 Å². The van der Waals surface area contributed by atoms with Crippen molar-refractivity contribution in [3.63, 3.8) is 0 Å². The van der Waals surface area contributed by atoms with Crippen LogP contribution in [0.1, 0.15) is 16.9 Å². The first-order valence-corrected chi connectivity index (χ1v) is 9.01. The number of benzene rings is 1. The number of hydrogen-bond donors (Lipinski definition) is 1. The van der Waals surface area contributed by atoms with E-state index in [2.05, 4.69) is 40.5 Å². The Morgan fingerprint density at radius 1 is 1.04 bits per heavy atom. The third-order valence-electron chi connectivity index (χ3n) is 4.12. The minimum absolute atomic E-state index is 0.0555. The third-order valence-corrected chi connectivity index (χ3v) is 5.00. The number of urea groups is 1. The molecule has 2 heterocycles. The summed E-state index contributed by atoms with van der Waals surface area (Å²) in [6.45, 7) is 5.20. The molecular formula is C18H23N3OS. The molecule has 23 heavy (non-hydrogen) atoms. The predicted molar refractivity (Wildman–Crippen MR) is 94.5 cm³/mol. The predicted octanol–water partition coefficient (Wildman–Crippen LogP) is 3.17. The van der Waals surface area contributed by atoms with Crippen molar-refractivity contribution >= 4 is 17.4 Å². The van der Waals surface area contributed by atoms with Crippen molar-refractivity contribution in [2.24, 2.45) is 0 Å². The first-order valence-electron chi connectivity index (χ1n) is 8.13. The lowest BCUT2D eigenvalue weighted by atomic mass is 10.2. The molecule has 1 aliphatic rings. The monoisotopic (exact) mass is 329 g/mol. The molecule has 0 radical (unpaired) electrons. The van der Waals surface area contributed by atoms with Gasteiger partial charge in [0.25, 0.3) is 0 Å². The summed E-state index contributed by atoms with van der Waals surface area (Å²) >= 11 is 1.68. The first-order chi connectivity index (χ1) is 11.3. The first kappa shape index (κ1) is 16.0. The maximum Gasteiger partial charge on any atom is 0.317 e. The smallest absolute Gasteiger partial charge is 0.317 e. The lowest BCUT2D eigenvalue weighted by molar-refractivity contribution is 0.197. The Labute approximate surface area is 141 Å². The molecule has 1 fully saturated rings. The molecule has 0 atom stereocenters. The Hall–Kier alpha value is -1.85. The standard InChI is InChI=1S/C18H23N3OS/c22-18(19-14-17-8-4-13-23-17)21-10-5-9-20(11-12-21)15-16-6-2-1-3-7-16/h1-4,6-8,13H,5,9-12,14-15H2,(H,19,22). The Kier molecular flexibility index (Phi) is 5.66. The van der Waals surface area contributed by atoms with Crippen molar-refractivity contribution < 1.29 is 4.79 Å². The maximum atomic E-state index is 12.3. The SMILES string of the molecule is O=C(NCc1cccs1)N1CCCN(Cc2ccccc2)CC1. The van der Waals surface area contributed by atoms with E-state index in [-0.39, 0.29) is 6.03 Å². The molecule has 3 rings (SSSR count). The molecule has 0 bridgehead atoms. The quantitative estimate of drug-likeness (QED) is 0.935. The maximum absolute atomic E-state index is 12.3. The second-order valence-corrected chi connectivity index (χ2v) is 6.87. The normalized spacial score (nSPS) is 16.1.